The quantitative estimate of drug-likeness (QED) is 0.750. The Balaban J connectivity index is 2.40. The van der Waals surface area contributed by atoms with Gasteiger partial charge in [-0.1, -0.05) is 51.1 Å². The largest absolute Gasteiger partial charge is 0.459 e. The van der Waals surface area contributed by atoms with Crippen LogP contribution < -0.4 is 0 Å². The lowest BCUT2D eigenvalue weighted by molar-refractivity contribution is -0.152. The van der Waals surface area contributed by atoms with Gasteiger partial charge in [-0.2, -0.15) is 0 Å². The summed E-state index contributed by atoms with van der Waals surface area (Å²) in [4.78, 5) is 11.4. The van der Waals surface area contributed by atoms with Crippen molar-refractivity contribution < 1.29 is 13.9 Å². The van der Waals surface area contributed by atoms with Crippen LogP contribution in [0.1, 0.15) is 32.8 Å². The van der Waals surface area contributed by atoms with Gasteiger partial charge in [-0.25, -0.2) is 9.18 Å². The van der Waals surface area contributed by atoms with E-state index in [1.54, 1.807) is 0 Å². The Morgan fingerprint density at radius 1 is 1.29 bits per heavy atom. The molecule has 1 rings (SSSR count). The molecule has 1 unspecified atom stereocenters. The highest BCUT2D eigenvalue weighted by molar-refractivity contribution is 5.74. The summed E-state index contributed by atoms with van der Waals surface area (Å²) in [5.41, 5.74) is 0.648. The van der Waals surface area contributed by atoms with Gasteiger partial charge in [0.15, 0.2) is 6.17 Å². The fraction of sp³-hybridized carbons (Fsp3) is 0.500. The van der Waals surface area contributed by atoms with Crippen LogP contribution in [-0.4, -0.2) is 12.1 Å². The Bertz CT molecular complexity index is 354. The number of alkyl halides is 1. The molecule has 17 heavy (non-hydrogen) atoms. The molecule has 0 spiro atoms. The van der Waals surface area contributed by atoms with Gasteiger partial charge >= 0.3 is 5.97 Å². The van der Waals surface area contributed by atoms with Crippen LogP contribution in [0.15, 0.2) is 30.3 Å². The van der Waals surface area contributed by atoms with Crippen molar-refractivity contribution in [3.63, 3.8) is 0 Å². The third-order valence-corrected chi connectivity index (χ3v) is 2.27. The predicted octanol–water partition coefficient (Wildman–Crippen LogP) is 3.50. The molecule has 1 aromatic carbocycles. The summed E-state index contributed by atoms with van der Waals surface area (Å²) in [5, 5.41) is 0. The molecule has 0 bridgehead atoms. The first-order chi connectivity index (χ1) is 7.88. The maximum absolute atomic E-state index is 13.5. The summed E-state index contributed by atoms with van der Waals surface area (Å²) in [5.74, 6) is -0.774. The van der Waals surface area contributed by atoms with Gasteiger partial charge in [-0.05, 0) is 17.4 Å². The van der Waals surface area contributed by atoms with Gasteiger partial charge in [0, 0.05) is 0 Å². The highest BCUT2D eigenvalue weighted by Crippen LogP contribution is 2.23. The summed E-state index contributed by atoms with van der Waals surface area (Å²) in [6.45, 7) is 5.81. The first-order valence-electron chi connectivity index (χ1n) is 5.73. The van der Waals surface area contributed by atoms with E-state index in [-0.39, 0.29) is 18.4 Å². The highest BCUT2D eigenvalue weighted by atomic mass is 19.1. The van der Waals surface area contributed by atoms with E-state index in [2.05, 4.69) is 0 Å². The number of halogens is 1. The molecule has 0 aliphatic rings. The SMILES string of the molecule is CC(C)(C)CC(F)C(=O)OCc1ccccc1. The first kappa shape index (κ1) is 13.7. The van der Waals surface area contributed by atoms with Gasteiger partial charge in [0.05, 0.1) is 0 Å². The van der Waals surface area contributed by atoms with Gasteiger partial charge in [-0.15, -0.1) is 0 Å². The zero-order valence-corrected chi connectivity index (χ0v) is 10.6. The van der Waals surface area contributed by atoms with E-state index in [0.717, 1.165) is 5.56 Å². The van der Waals surface area contributed by atoms with Gasteiger partial charge < -0.3 is 4.74 Å². The normalized spacial score (nSPS) is 13.2. The second kappa shape index (κ2) is 5.80. The third-order valence-electron chi connectivity index (χ3n) is 2.27. The summed E-state index contributed by atoms with van der Waals surface area (Å²) < 4.78 is 18.4. The van der Waals surface area contributed by atoms with E-state index in [1.165, 1.54) is 0 Å². The van der Waals surface area contributed by atoms with Crippen molar-refractivity contribution in [3.05, 3.63) is 35.9 Å². The lowest BCUT2D eigenvalue weighted by Gasteiger charge is -2.19. The topological polar surface area (TPSA) is 26.3 Å². The maximum Gasteiger partial charge on any atom is 0.341 e. The number of carbonyl (C=O) groups excluding carboxylic acids is 1. The van der Waals surface area contributed by atoms with E-state index in [0.29, 0.717) is 0 Å². The molecular formula is C14H19FO2. The Hall–Kier alpha value is -1.38. The minimum Gasteiger partial charge on any atom is -0.459 e. The molecule has 0 fully saturated rings. The van der Waals surface area contributed by atoms with Gasteiger partial charge in [-0.3, -0.25) is 0 Å². The highest BCUT2D eigenvalue weighted by Gasteiger charge is 2.25. The van der Waals surface area contributed by atoms with Crippen molar-refractivity contribution in [1.29, 1.82) is 0 Å². The Kier molecular flexibility index (Phi) is 4.67. The van der Waals surface area contributed by atoms with Gasteiger partial charge in [0.25, 0.3) is 0 Å². The minimum atomic E-state index is -1.54. The molecule has 94 valence electrons. The van der Waals surface area contributed by atoms with E-state index < -0.39 is 12.1 Å². The van der Waals surface area contributed by atoms with Crippen LogP contribution in [0.4, 0.5) is 4.39 Å². The Labute approximate surface area is 102 Å². The number of carbonyl (C=O) groups is 1. The van der Waals surface area contributed by atoms with Crippen molar-refractivity contribution >= 4 is 5.97 Å². The number of rotatable bonds is 4. The average Bonchev–Trinajstić information content (AvgIpc) is 2.25. The molecule has 1 atom stereocenters. The van der Waals surface area contributed by atoms with Crippen molar-refractivity contribution in [2.45, 2.75) is 40.0 Å². The second-order valence-corrected chi connectivity index (χ2v) is 5.33. The van der Waals surface area contributed by atoms with E-state index in [4.69, 9.17) is 4.74 Å². The molecule has 0 aliphatic carbocycles. The van der Waals surface area contributed by atoms with Crippen LogP contribution >= 0.6 is 0 Å². The first-order valence-corrected chi connectivity index (χ1v) is 5.73. The fourth-order valence-corrected chi connectivity index (χ4v) is 1.44. The van der Waals surface area contributed by atoms with E-state index >= 15 is 0 Å². The van der Waals surface area contributed by atoms with Crippen molar-refractivity contribution in [1.82, 2.24) is 0 Å². The standard InChI is InChI=1S/C14H19FO2/c1-14(2,3)9-12(15)13(16)17-10-11-7-5-4-6-8-11/h4-8,12H,9-10H2,1-3H3. The van der Waals surface area contributed by atoms with Crippen molar-refractivity contribution in [2.24, 2.45) is 5.41 Å². The Morgan fingerprint density at radius 3 is 2.41 bits per heavy atom. The zero-order chi connectivity index (χ0) is 12.9. The van der Waals surface area contributed by atoms with Crippen LogP contribution in [-0.2, 0) is 16.1 Å². The van der Waals surface area contributed by atoms with Crippen molar-refractivity contribution in [2.75, 3.05) is 0 Å². The molecule has 0 saturated heterocycles. The smallest absolute Gasteiger partial charge is 0.341 e. The predicted molar refractivity (Wildman–Crippen MR) is 65.2 cm³/mol. The van der Waals surface area contributed by atoms with E-state index in [1.807, 2.05) is 51.1 Å². The van der Waals surface area contributed by atoms with Crippen LogP contribution in [0.2, 0.25) is 0 Å². The Morgan fingerprint density at radius 2 is 1.88 bits per heavy atom. The molecule has 0 heterocycles. The van der Waals surface area contributed by atoms with Gasteiger partial charge in [0.1, 0.15) is 6.61 Å². The van der Waals surface area contributed by atoms with Gasteiger partial charge in [0.2, 0.25) is 0 Å². The molecule has 0 N–H and O–H groups in total. The van der Waals surface area contributed by atoms with Crippen LogP contribution in [0.5, 0.6) is 0 Å². The third kappa shape index (κ3) is 5.48. The molecule has 0 aliphatic heterocycles. The summed E-state index contributed by atoms with van der Waals surface area (Å²) in [7, 11) is 0. The lowest BCUT2D eigenvalue weighted by Crippen LogP contribution is -2.24. The molecule has 0 aromatic heterocycles. The number of esters is 1. The van der Waals surface area contributed by atoms with Crippen molar-refractivity contribution in [3.8, 4) is 0 Å². The number of hydrogen-bond donors (Lipinski definition) is 0. The summed E-state index contributed by atoms with van der Waals surface area (Å²) in [6, 6.07) is 9.26. The maximum atomic E-state index is 13.5. The lowest BCUT2D eigenvalue weighted by atomic mass is 9.90. The molecule has 0 saturated carbocycles. The van der Waals surface area contributed by atoms with E-state index in [9.17, 15) is 9.18 Å². The number of hydrogen-bond acceptors (Lipinski definition) is 2. The van der Waals surface area contributed by atoms with Crippen LogP contribution in [0.25, 0.3) is 0 Å². The molecule has 1 aromatic rings. The molecule has 0 amide bonds. The molecule has 2 nitrogen and oxygen atoms in total. The fourth-order valence-electron chi connectivity index (χ4n) is 1.44. The minimum absolute atomic E-state index is 0.129. The van der Waals surface area contributed by atoms with Crippen LogP contribution in [0.3, 0.4) is 0 Å². The second-order valence-electron chi connectivity index (χ2n) is 5.33. The zero-order valence-electron chi connectivity index (χ0n) is 10.6. The van der Waals surface area contributed by atoms with Crippen LogP contribution in [0, 0.1) is 5.41 Å². The monoisotopic (exact) mass is 238 g/mol. The molecule has 3 heteroatoms. The molecular weight excluding hydrogens is 219 g/mol. The summed E-state index contributed by atoms with van der Waals surface area (Å²) in [6.07, 6.45) is -1.36. The molecule has 0 radical (unpaired) electrons. The summed E-state index contributed by atoms with van der Waals surface area (Å²) >= 11 is 0. The average molecular weight is 238 g/mol. The number of ether oxygens (including phenoxy) is 1. The number of benzene rings is 1.